The second kappa shape index (κ2) is 10.9. The molecule has 9 rings (SSSR count). The number of pyridine rings is 1. The fraction of sp³-hybridized carbons (Fsp3) is 0.182. The van der Waals surface area contributed by atoms with Gasteiger partial charge in [-0.2, -0.15) is 13.5 Å². The molecule has 0 saturated carbocycles. The van der Waals surface area contributed by atoms with Crippen molar-refractivity contribution < 1.29 is 17.9 Å². The molecule has 6 heterocycles. The average molecular weight is 662 g/mol. The van der Waals surface area contributed by atoms with Crippen molar-refractivity contribution in [3.63, 3.8) is 0 Å². The van der Waals surface area contributed by atoms with E-state index in [1.165, 1.54) is 16.9 Å². The first-order valence-corrected chi connectivity index (χ1v) is 16.5. The monoisotopic (exact) mass is 661 g/mol. The van der Waals surface area contributed by atoms with E-state index >= 15 is 0 Å². The maximum Gasteiger partial charge on any atom is 0.297 e. The van der Waals surface area contributed by atoms with Crippen LogP contribution in [0.4, 0.5) is 5.82 Å². The highest BCUT2D eigenvalue weighted by Gasteiger charge is 2.44. The third-order valence-corrected chi connectivity index (χ3v) is 9.02. The molecule has 240 valence electrons. The number of carbonyl (C=O) groups is 1. The van der Waals surface area contributed by atoms with Gasteiger partial charge in [-0.1, -0.05) is 36.1 Å². The number of hydrogen-bond donors (Lipinski definition) is 3. The van der Waals surface area contributed by atoms with Crippen molar-refractivity contribution in [1.82, 2.24) is 34.3 Å². The van der Waals surface area contributed by atoms with Gasteiger partial charge >= 0.3 is 0 Å². The lowest BCUT2D eigenvalue weighted by molar-refractivity contribution is -0.135. The van der Waals surface area contributed by atoms with Crippen molar-refractivity contribution in [3.05, 3.63) is 117 Å². The van der Waals surface area contributed by atoms with E-state index in [9.17, 15) is 18.0 Å². The molecule has 1 fully saturated rings. The molecule has 48 heavy (non-hydrogen) atoms. The molecule has 14 nitrogen and oxygen atoms in total. The summed E-state index contributed by atoms with van der Waals surface area (Å²) in [6.07, 6.45) is 6.67. The van der Waals surface area contributed by atoms with Crippen LogP contribution >= 0.6 is 0 Å². The van der Waals surface area contributed by atoms with Gasteiger partial charge in [0, 0.05) is 54.3 Å². The Morgan fingerprint density at radius 1 is 1.10 bits per heavy atom. The first kappa shape index (κ1) is 29.6. The van der Waals surface area contributed by atoms with Crippen molar-refractivity contribution in [1.29, 1.82) is 0 Å². The summed E-state index contributed by atoms with van der Waals surface area (Å²) in [7, 11) is -2.47. The second-order valence-electron chi connectivity index (χ2n) is 11.7. The molecule has 0 radical (unpaired) electrons. The average Bonchev–Trinajstić information content (AvgIpc) is 3.62. The van der Waals surface area contributed by atoms with E-state index in [-0.39, 0.29) is 34.8 Å². The Morgan fingerprint density at radius 3 is 2.62 bits per heavy atom. The number of nitrogens with two attached hydrogens (primary N) is 1. The third-order valence-electron chi connectivity index (χ3n) is 8.55. The van der Waals surface area contributed by atoms with Crippen molar-refractivity contribution in [3.8, 4) is 17.5 Å². The van der Waals surface area contributed by atoms with Crippen LogP contribution in [0, 0.1) is 11.8 Å². The van der Waals surface area contributed by atoms with E-state index in [2.05, 4.69) is 37.1 Å². The summed E-state index contributed by atoms with van der Waals surface area (Å²) in [4.78, 5) is 33.0. The summed E-state index contributed by atoms with van der Waals surface area (Å²) in [5.74, 6) is 5.37. The SMILES string of the molecule is C[C@@H](NC(=O)c1c(NS(N)(=O)=O)nn2cccnc12)c1c2c3c(ccc(C#Cc4cnn(C)c4)c3c(=O)n1-c1ccccc1)C1CC2O1. The predicted octanol–water partition coefficient (Wildman–Crippen LogP) is 2.79. The number of anilines is 1. The molecular formula is C33H27N9O5S. The number of nitrogens with zero attached hydrogens (tertiary/aromatic N) is 6. The first-order valence-electron chi connectivity index (χ1n) is 15.0. The molecule has 6 aromatic rings. The van der Waals surface area contributed by atoms with Crippen molar-refractivity contribution >= 4 is 38.4 Å². The number of fused-ring (bicyclic) bond motifs is 1. The number of carbonyl (C=O) groups excluding carboxylic acids is 1. The number of aryl methyl sites for hydroxylation is 1. The highest BCUT2D eigenvalue weighted by molar-refractivity contribution is 7.90. The van der Waals surface area contributed by atoms with Crippen LogP contribution in [0.1, 0.15) is 69.9 Å². The van der Waals surface area contributed by atoms with E-state index in [1.807, 2.05) is 49.5 Å². The standard InChI is InChI=1S/C33H27N9O5S/c1-18(37-32(43)28-30(39-48(34,45)46)38-41-14-6-13-35-31(28)41)29-27-24-15-23(47-24)22-12-11-20(10-9-19-16-36-40(2)17-19)25(26(22)27)33(44)42(29)21-7-4-3-5-8-21/h3-8,11-14,16-18,23-24H,15H2,1-2H3,(H,37,43)(H,38,39)(H2,34,45,46)/t18-,23?,24?/m1/s1. The molecule has 4 aromatic heterocycles. The topological polar surface area (TPSA) is 181 Å². The largest absolute Gasteiger partial charge is 0.365 e. The van der Waals surface area contributed by atoms with Crippen molar-refractivity contribution in [2.75, 3.05) is 4.72 Å². The summed E-state index contributed by atoms with van der Waals surface area (Å²) >= 11 is 0. The van der Waals surface area contributed by atoms with E-state index in [1.54, 1.807) is 34.6 Å². The van der Waals surface area contributed by atoms with E-state index in [4.69, 9.17) is 9.88 Å². The van der Waals surface area contributed by atoms with Gasteiger partial charge in [-0.25, -0.2) is 14.6 Å². The molecule has 3 atom stereocenters. The zero-order valence-electron chi connectivity index (χ0n) is 25.6. The van der Waals surface area contributed by atoms with Crippen LogP contribution in [-0.4, -0.2) is 43.3 Å². The zero-order valence-corrected chi connectivity index (χ0v) is 26.4. The molecule has 2 bridgehead atoms. The Morgan fingerprint density at radius 2 is 1.90 bits per heavy atom. The van der Waals surface area contributed by atoms with Gasteiger partial charge in [-0.15, -0.1) is 5.10 Å². The van der Waals surface area contributed by atoms with Gasteiger partial charge in [0.25, 0.3) is 21.7 Å². The van der Waals surface area contributed by atoms with E-state index in [0.29, 0.717) is 34.3 Å². The number of ether oxygens (including phenoxy) is 1. The molecule has 1 aliphatic carbocycles. The lowest BCUT2D eigenvalue weighted by Gasteiger charge is -2.44. The van der Waals surface area contributed by atoms with Gasteiger partial charge in [0.05, 0.1) is 41.1 Å². The second-order valence-corrected chi connectivity index (χ2v) is 13.0. The van der Waals surface area contributed by atoms with Gasteiger partial charge < -0.3 is 10.1 Å². The Kier molecular flexibility index (Phi) is 6.70. The van der Waals surface area contributed by atoms with Gasteiger partial charge in [-0.05, 0) is 36.8 Å². The quantitative estimate of drug-likeness (QED) is 0.228. The maximum absolute atomic E-state index is 14.8. The molecule has 1 saturated heterocycles. The maximum atomic E-state index is 14.8. The smallest absolute Gasteiger partial charge is 0.297 e. The van der Waals surface area contributed by atoms with Crippen LogP contribution in [0.25, 0.3) is 22.1 Å². The predicted molar refractivity (Wildman–Crippen MR) is 176 cm³/mol. The molecule has 2 aromatic carbocycles. The Balaban J connectivity index is 1.33. The van der Waals surface area contributed by atoms with E-state index in [0.717, 1.165) is 16.5 Å². The molecule has 1 amide bonds. The molecule has 2 aliphatic heterocycles. The molecule has 3 aliphatic rings. The number of hydrogen-bond acceptors (Lipinski definition) is 8. The van der Waals surface area contributed by atoms with Gasteiger partial charge in [0.2, 0.25) is 0 Å². The minimum atomic E-state index is -4.28. The van der Waals surface area contributed by atoms with Crippen LogP contribution in [0.3, 0.4) is 0 Å². The minimum Gasteiger partial charge on any atom is -0.365 e. The molecular weight excluding hydrogens is 634 g/mol. The molecule has 4 N–H and O–H groups in total. The summed E-state index contributed by atoms with van der Waals surface area (Å²) in [5.41, 5.74) is 3.73. The van der Waals surface area contributed by atoms with Gasteiger partial charge in [-0.3, -0.25) is 23.6 Å². The van der Waals surface area contributed by atoms with Crippen LogP contribution in [0.2, 0.25) is 0 Å². The first-order chi connectivity index (χ1) is 23.1. The Hall–Kier alpha value is -5.82. The number of nitrogens with one attached hydrogen (secondary N) is 2. The number of amides is 1. The Labute approximate surface area is 273 Å². The molecule has 15 heteroatoms. The highest BCUT2D eigenvalue weighted by atomic mass is 32.2. The van der Waals surface area contributed by atoms with Crippen molar-refractivity contribution in [2.45, 2.75) is 31.6 Å². The van der Waals surface area contributed by atoms with Gasteiger partial charge in [0.1, 0.15) is 5.56 Å². The fourth-order valence-corrected chi connectivity index (χ4v) is 7.00. The minimum absolute atomic E-state index is 0.109. The van der Waals surface area contributed by atoms with Gasteiger partial charge in [0.15, 0.2) is 11.5 Å². The third kappa shape index (κ3) is 4.82. The number of rotatable bonds is 6. The van der Waals surface area contributed by atoms with Crippen LogP contribution in [-0.2, 0) is 22.0 Å². The van der Waals surface area contributed by atoms with E-state index < -0.39 is 22.2 Å². The van der Waals surface area contributed by atoms with Crippen molar-refractivity contribution in [2.24, 2.45) is 12.2 Å². The van der Waals surface area contributed by atoms with Crippen LogP contribution < -0.4 is 20.7 Å². The highest BCUT2D eigenvalue weighted by Crippen LogP contribution is 2.55. The molecule has 2 unspecified atom stereocenters. The Bertz CT molecular complexity index is 2540. The summed E-state index contributed by atoms with van der Waals surface area (Å²) < 4.78 is 36.9. The normalized spacial score (nSPS) is 17.0. The summed E-state index contributed by atoms with van der Waals surface area (Å²) in [6, 6.07) is 13.8. The number of aromatic nitrogens is 6. The summed E-state index contributed by atoms with van der Waals surface area (Å²) in [5, 5.41) is 17.8. The zero-order chi connectivity index (χ0) is 33.3. The lowest BCUT2D eigenvalue weighted by Crippen LogP contribution is -2.38. The molecule has 0 spiro atoms. The fourth-order valence-electron chi connectivity index (χ4n) is 6.59. The van der Waals surface area contributed by atoms with Crippen LogP contribution in [0.5, 0.6) is 0 Å². The lowest BCUT2D eigenvalue weighted by atomic mass is 9.78. The number of para-hydroxylation sites is 1. The van der Waals surface area contributed by atoms with Crippen LogP contribution in [0.15, 0.2) is 78.1 Å². The summed E-state index contributed by atoms with van der Waals surface area (Å²) in [6.45, 7) is 1.76. The number of benzene rings is 2.